The first-order valence-corrected chi connectivity index (χ1v) is 9.52. The number of amides is 1. The third-order valence-electron chi connectivity index (χ3n) is 5.38. The molecule has 0 aliphatic carbocycles. The van der Waals surface area contributed by atoms with E-state index in [-0.39, 0.29) is 23.2 Å². The summed E-state index contributed by atoms with van der Waals surface area (Å²) in [5.74, 6) is 1.38. The second-order valence-electron chi connectivity index (χ2n) is 7.39. The number of hydrogen-bond acceptors (Lipinski definition) is 4. The summed E-state index contributed by atoms with van der Waals surface area (Å²) in [6, 6.07) is 2.10. The quantitative estimate of drug-likeness (QED) is 0.652. The lowest BCUT2D eigenvalue weighted by molar-refractivity contribution is 0.0742. The lowest BCUT2D eigenvalue weighted by Gasteiger charge is -2.19. The second-order valence-corrected chi connectivity index (χ2v) is 7.39. The molecule has 7 nitrogen and oxygen atoms in total. The van der Waals surface area contributed by atoms with Crippen LogP contribution in [0.5, 0.6) is 0 Å². The van der Waals surface area contributed by atoms with Gasteiger partial charge in [0.1, 0.15) is 17.2 Å². The molecule has 1 fully saturated rings. The van der Waals surface area contributed by atoms with Crippen LogP contribution >= 0.6 is 0 Å². The summed E-state index contributed by atoms with van der Waals surface area (Å²) in [6.07, 6.45) is 7.14. The fourth-order valence-electron chi connectivity index (χ4n) is 3.98. The number of imidazole rings is 1. The molecule has 4 rings (SSSR count). The minimum atomic E-state index is -0.260. The zero-order valence-electron chi connectivity index (χ0n) is 16.4. The van der Waals surface area contributed by atoms with Gasteiger partial charge in [-0.05, 0) is 39.7 Å². The molecule has 1 atom stereocenters. The van der Waals surface area contributed by atoms with Crippen molar-refractivity contribution in [3.63, 3.8) is 0 Å². The molecule has 0 bridgehead atoms. The van der Waals surface area contributed by atoms with Crippen LogP contribution in [0.25, 0.3) is 16.9 Å². The molecular weight excluding hydrogens is 356 g/mol. The number of likely N-dealkylation sites (tertiary alicyclic amines) is 1. The van der Waals surface area contributed by atoms with Gasteiger partial charge >= 0.3 is 0 Å². The molecule has 0 aromatic carbocycles. The van der Waals surface area contributed by atoms with Crippen molar-refractivity contribution >= 4 is 11.6 Å². The summed E-state index contributed by atoms with van der Waals surface area (Å²) in [7, 11) is 0. The van der Waals surface area contributed by atoms with E-state index in [9.17, 15) is 9.59 Å². The third kappa shape index (κ3) is 2.87. The molecule has 1 aliphatic rings. The van der Waals surface area contributed by atoms with Gasteiger partial charge in [0.2, 0.25) is 5.65 Å². The predicted octanol–water partition coefficient (Wildman–Crippen LogP) is 3.18. The highest BCUT2D eigenvalue weighted by molar-refractivity contribution is 5.93. The Morgan fingerprint density at radius 3 is 2.79 bits per heavy atom. The summed E-state index contributed by atoms with van der Waals surface area (Å²) in [5.41, 5.74) is 1.82. The van der Waals surface area contributed by atoms with Crippen molar-refractivity contribution in [2.75, 3.05) is 6.54 Å². The summed E-state index contributed by atoms with van der Waals surface area (Å²) in [6.45, 7) is 10.6. The number of hydrogen-bond donors (Lipinski definition) is 0. The van der Waals surface area contributed by atoms with Crippen molar-refractivity contribution in [3.8, 4) is 11.3 Å². The van der Waals surface area contributed by atoms with Crippen LogP contribution in [0.15, 0.2) is 40.3 Å². The SMILES string of the molecule is C=CCn1c(-c2cc(C)oc2C)cn2cc(C(=O)N3CCC[C@H]3C)nc2c1=O. The number of fused-ring (bicyclic) bond motifs is 1. The van der Waals surface area contributed by atoms with Crippen LogP contribution in [0.3, 0.4) is 0 Å². The standard InChI is InChI=1S/C21H24N4O3/c1-5-8-25-18(16-10-14(3)28-15(16)4)12-23-11-17(22-19(23)21(25)27)20(26)24-9-6-7-13(24)2/h5,10-13H,1,6-9H2,2-4H3/t13-/m1/s1. The Morgan fingerprint density at radius 1 is 1.39 bits per heavy atom. The molecule has 4 heterocycles. The molecule has 28 heavy (non-hydrogen) atoms. The van der Waals surface area contributed by atoms with E-state index in [1.165, 1.54) is 0 Å². The Labute approximate surface area is 162 Å². The monoisotopic (exact) mass is 380 g/mol. The average Bonchev–Trinajstić information content (AvgIpc) is 3.35. The van der Waals surface area contributed by atoms with Crippen molar-refractivity contribution in [1.29, 1.82) is 0 Å². The molecule has 146 valence electrons. The number of furan rings is 1. The smallest absolute Gasteiger partial charge is 0.295 e. The Balaban J connectivity index is 1.88. The van der Waals surface area contributed by atoms with Crippen LogP contribution in [0.4, 0.5) is 0 Å². The van der Waals surface area contributed by atoms with E-state index < -0.39 is 0 Å². The minimum absolute atomic E-state index is 0.125. The van der Waals surface area contributed by atoms with E-state index >= 15 is 0 Å². The van der Waals surface area contributed by atoms with Gasteiger partial charge in [-0.1, -0.05) is 6.08 Å². The molecule has 1 saturated heterocycles. The summed E-state index contributed by atoms with van der Waals surface area (Å²) in [4.78, 5) is 32.2. The van der Waals surface area contributed by atoms with Gasteiger partial charge in [0.25, 0.3) is 11.5 Å². The van der Waals surface area contributed by atoms with Gasteiger partial charge in [0.05, 0.1) is 5.69 Å². The van der Waals surface area contributed by atoms with E-state index in [0.717, 1.165) is 36.5 Å². The van der Waals surface area contributed by atoms with Crippen molar-refractivity contribution in [2.45, 2.75) is 46.2 Å². The molecule has 0 saturated carbocycles. The fraction of sp³-hybridized carbons (Fsp3) is 0.381. The molecule has 1 aliphatic heterocycles. The molecular formula is C21H24N4O3. The lowest BCUT2D eigenvalue weighted by Crippen LogP contribution is -2.33. The van der Waals surface area contributed by atoms with Crippen molar-refractivity contribution in [1.82, 2.24) is 18.9 Å². The highest BCUT2D eigenvalue weighted by atomic mass is 16.3. The first-order chi connectivity index (χ1) is 13.4. The maximum Gasteiger partial charge on any atom is 0.295 e. The Bertz CT molecular complexity index is 1130. The van der Waals surface area contributed by atoms with Gasteiger partial charge < -0.3 is 9.32 Å². The summed E-state index contributed by atoms with van der Waals surface area (Å²) in [5, 5.41) is 0. The highest BCUT2D eigenvalue weighted by Gasteiger charge is 2.28. The normalized spacial score (nSPS) is 16.8. The molecule has 3 aromatic heterocycles. The number of allylic oxidation sites excluding steroid dienone is 1. The summed E-state index contributed by atoms with van der Waals surface area (Å²) < 4.78 is 8.91. The van der Waals surface area contributed by atoms with Crippen LogP contribution in [0.2, 0.25) is 0 Å². The fourth-order valence-corrected chi connectivity index (χ4v) is 3.98. The molecule has 3 aromatic rings. The lowest BCUT2D eigenvalue weighted by atomic mass is 10.2. The largest absolute Gasteiger partial charge is 0.466 e. The zero-order valence-corrected chi connectivity index (χ0v) is 16.4. The second kappa shape index (κ2) is 6.82. The van der Waals surface area contributed by atoms with Crippen LogP contribution in [0.1, 0.15) is 41.8 Å². The van der Waals surface area contributed by atoms with Crippen LogP contribution in [0, 0.1) is 13.8 Å². The van der Waals surface area contributed by atoms with Gasteiger partial charge in [-0.15, -0.1) is 6.58 Å². The number of aromatic nitrogens is 3. The number of rotatable bonds is 4. The predicted molar refractivity (Wildman–Crippen MR) is 107 cm³/mol. The van der Waals surface area contributed by atoms with Gasteiger partial charge in [0, 0.05) is 37.1 Å². The van der Waals surface area contributed by atoms with Gasteiger partial charge in [0.15, 0.2) is 0 Å². The van der Waals surface area contributed by atoms with Crippen molar-refractivity contribution in [3.05, 3.63) is 58.7 Å². The molecule has 0 N–H and O–H groups in total. The van der Waals surface area contributed by atoms with Gasteiger partial charge in [-0.3, -0.25) is 18.6 Å². The Hall–Kier alpha value is -3.09. The van der Waals surface area contributed by atoms with E-state index in [1.54, 1.807) is 21.2 Å². The number of carbonyl (C=O) groups excluding carboxylic acids is 1. The van der Waals surface area contributed by atoms with Crippen LogP contribution in [-0.2, 0) is 6.54 Å². The maximum atomic E-state index is 13.1. The zero-order chi connectivity index (χ0) is 20.0. The number of carbonyl (C=O) groups is 1. The van der Waals surface area contributed by atoms with E-state index in [0.29, 0.717) is 17.9 Å². The molecule has 0 unspecified atom stereocenters. The number of nitrogens with zero attached hydrogens (tertiary/aromatic N) is 4. The van der Waals surface area contributed by atoms with Crippen molar-refractivity contribution in [2.24, 2.45) is 0 Å². The first-order valence-electron chi connectivity index (χ1n) is 9.52. The molecule has 1 amide bonds. The van der Waals surface area contributed by atoms with Gasteiger partial charge in [-0.25, -0.2) is 4.98 Å². The average molecular weight is 380 g/mol. The van der Waals surface area contributed by atoms with E-state index in [1.807, 2.05) is 37.9 Å². The van der Waals surface area contributed by atoms with Crippen molar-refractivity contribution < 1.29 is 9.21 Å². The van der Waals surface area contributed by atoms with E-state index in [2.05, 4.69) is 11.6 Å². The van der Waals surface area contributed by atoms with Crippen LogP contribution < -0.4 is 5.56 Å². The van der Waals surface area contributed by atoms with Crippen LogP contribution in [-0.4, -0.2) is 37.3 Å². The Morgan fingerprint density at radius 2 is 2.18 bits per heavy atom. The number of aryl methyl sites for hydroxylation is 2. The summed E-state index contributed by atoms with van der Waals surface area (Å²) >= 11 is 0. The maximum absolute atomic E-state index is 13.1. The van der Waals surface area contributed by atoms with Gasteiger partial charge in [-0.2, -0.15) is 0 Å². The molecule has 7 heteroatoms. The molecule has 0 spiro atoms. The minimum Gasteiger partial charge on any atom is -0.466 e. The highest BCUT2D eigenvalue weighted by Crippen LogP contribution is 2.26. The molecule has 0 radical (unpaired) electrons. The Kier molecular flexibility index (Phi) is 4.45. The first kappa shape index (κ1) is 18.3. The topological polar surface area (TPSA) is 72.8 Å². The van der Waals surface area contributed by atoms with E-state index in [4.69, 9.17) is 4.42 Å². The third-order valence-corrected chi connectivity index (χ3v) is 5.38.